The van der Waals surface area contributed by atoms with Gasteiger partial charge in [0.1, 0.15) is 11.4 Å². The smallest absolute Gasteiger partial charge is 0.261 e. The molecule has 2 aromatic carbocycles. The average Bonchev–Trinajstić information content (AvgIpc) is 2.68. The number of amides is 1. The Balaban J connectivity index is 1.64. The lowest BCUT2D eigenvalue weighted by atomic mass is 10.0. The van der Waals surface area contributed by atoms with E-state index < -0.39 is 11.4 Å². The molecule has 1 aliphatic rings. The molecule has 4 rings (SSSR count). The van der Waals surface area contributed by atoms with Crippen LogP contribution in [0.5, 0.6) is 0 Å². The highest BCUT2D eigenvalue weighted by molar-refractivity contribution is 5.97. The molecule has 1 N–H and O–H groups in total. The number of halogens is 1. The summed E-state index contributed by atoms with van der Waals surface area (Å²) in [6.45, 7) is 1.79. The number of carbonyl (C=O) groups excluding carboxylic acids is 1. The van der Waals surface area contributed by atoms with Crippen molar-refractivity contribution < 1.29 is 9.18 Å². The highest BCUT2D eigenvalue weighted by Gasteiger charge is 2.30. The molecule has 0 radical (unpaired) electrons. The summed E-state index contributed by atoms with van der Waals surface area (Å²) < 4.78 is 13.4. The number of aromatic amines is 1. The van der Waals surface area contributed by atoms with Crippen LogP contribution in [0.15, 0.2) is 59.4 Å². The Morgan fingerprint density at radius 1 is 1.11 bits per heavy atom. The number of fused-ring (bicyclic) bond motifs is 1. The fourth-order valence-electron chi connectivity index (χ4n) is 3.60. The Labute approximate surface area is 156 Å². The van der Waals surface area contributed by atoms with Crippen LogP contribution in [0.2, 0.25) is 0 Å². The van der Waals surface area contributed by atoms with E-state index in [0.717, 1.165) is 12.1 Å². The first-order chi connectivity index (χ1) is 13.0. The third-order valence-corrected chi connectivity index (χ3v) is 5.16. The van der Waals surface area contributed by atoms with Crippen molar-refractivity contribution in [2.45, 2.75) is 6.04 Å². The molecule has 1 aromatic heterocycles. The summed E-state index contributed by atoms with van der Waals surface area (Å²) in [5.41, 5.74) is 1.12. The van der Waals surface area contributed by atoms with Gasteiger partial charge in [0.05, 0.1) is 11.6 Å². The molecule has 1 atom stereocenters. The molecule has 1 amide bonds. The molecular weight excluding hydrogens is 345 g/mol. The molecule has 1 unspecified atom stereocenters. The summed E-state index contributed by atoms with van der Waals surface area (Å²) in [7, 11) is 2.04. The molecule has 0 aliphatic carbocycles. The summed E-state index contributed by atoms with van der Waals surface area (Å²) in [6.07, 6.45) is 0. The molecule has 3 aromatic rings. The highest BCUT2D eigenvalue weighted by Crippen LogP contribution is 2.24. The number of H-pyrrole nitrogens is 1. The lowest BCUT2D eigenvalue weighted by molar-refractivity contribution is 0.0545. The van der Waals surface area contributed by atoms with Gasteiger partial charge in [0, 0.05) is 19.6 Å². The normalized spacial score (nSPS) is 18.0. The molecule has 1 aliphatic heterocycles. The van der Waals surface area contributed by atoms with E-state index in [-0.39, 0.29) is 17.5 Å². The quantitative estimate of drug-likeness (QED) is 0.760. The molecule has 2 heterocycles. The lowest BCUT2D eigenvalue weighted by Gasteiger charge is -2.39. The van der Waals surface area contributed by atoms with Crippen molar-refractivity contribution in [1.82, 2.24) is 14.8 Å². The van der Waals surface area contributed by atoms with Gasteiger partial charge in [0.2, 0.25) is 0 Å². The van der Waals surface area contributed by atoms with Crippen LogP contribution in [0.25, 0.3) is 10.9 Å². The largest absolute Gasteiger partial charge is 0.335 e. The minimum Gasteiger partial charge on any atom is -0.335 e. The summed E-state index contributed by atoms with van der Waals surface area (Å²) in [6, 6.07) is 15.8. The fourth-order valence-corrected chi connectivity index (χ4v) is 3.60. The van der Waals surface area contributed by atoms with Gasteiger partial charge in [0.15, 0.2) is 0 Å². The van der Waals surface area contributed by atoms with Crippen molar-refractivity contribution in [3.63, 3.8) is 0 Å². The maximum Gasteiger partial charge on any atom is 0.261 e. The van der Waals surface area contributed by atoms with Crippen LogP contribution in [-0.2, 0) is 0 Å². The van der Waals surface area contributed by atoms with Crippen molar-refractivity contribution in [1.29, 1.82) is 0 Å². The van der Waals surface area contributed by atoms with Crippen LogP contribution in [0.1, 0.15) is 22.0 Å². The van der Waals surface area contributed by atoms with E-state index in [4.69, 9.17) is 0 Å². The lowest BCUT2D eigenvalue weighted by Crippen LogP contribution is -2.49. The number of nitrogens with one attached hydrogen (secondary N) is 1. The van der Waals surface area contributed by atoms with Crippen LogP contribution in [0, 0.1) is 5.82 Å². The first kappa shape index (κ1) is 17.4. The van der Waals surface area contributed by atoms with E-state index in [9.17, 15) is 14.0 Å². The summed E-state index contributed by atoms with van der Waals surface area (Å²) in [4.78, 5) is 32.0. The van der Waals surface area contributed by atoms with E-state index in [1.807, 2.05) is 37.4 Å². The van der Waals surface area contributed by atoms with E-state index in [1.54, 1.807) is 17.0 Å². The second-order valence-electron chi connectivity index (χ2n) is 6.90. The van der Waals surface area contributed by atoms with Crippen molar-refractivity contribution >= 4 is 16.8 Å². The Morgan fingerprint density at radius 3 is 2.67 bits per heavy atom. The summed E-state index contributed by atoms with van der Waals surface area (Å²) in [5, 5.41) is 0.632. The molecule has 0 saturated carbocycles. The van der Waals surface area contributed by atoms with Crippen molar-refractivity contribution in [3.05, 3.63) is 81.9 Å². The summed E-state index contributed by atoms with van der Waals surface area (Å²) >= 11 is 0. The van der Waals surface area contributed by atoms with Crippen LogP contribution in [-0.4, -0.2) is 47.4 Å². The van der Waals surface area contributed by atoms with E-state index in [0.29, 0.717) is 24.0 Å². The highest BCUT2D eigenvalue weighted by atomic mass is 19.1. The van der Waals surface area contributed by atoms with Crippen molar-refractivity contribution in [3.8, 4) is 0 Å². The number of pyridine rings is 1. The SMILES string of the molecule is CN1CCN(C(=O)c2cc3ccc(F)cc3[nH]c2=O)CC1c1ccccc1. The molecule has 138 valence electrons. The molecular formula is C21H20FN3O2. The van der Waals surface area contributed by atoms with Gasteiger partial charge in [-0.1, -0.05) is 30.3 Å². The van der Waals surface area contributed by atoms with Crippen molar-refractivity contribution in [2.24, 2.45) is 0 Å². The predicted molar refractivity (Wildman–Crippen MR) is 102 cm³/mol. The first-order valence-electron chi connectivity index (χ1n) is 8.90. The van der Waals surface area contributed by atoms with Gasteiger partial charge in [-0.15, -0.1) is 0 Å². The zero-order valence-corrected chi connectivity index (χ0v) is 15.0. The Hall–Kier alpha value is -2.99. The topological polar surface area (TPSA) is 56.4 Å². The van der Waals surface area contributed by atoms with Gasteiger partial charge in [0.25, 0.3) is 11.5 Å². The zero-order chi connectivity index (χ0) is 19.0. The average molecular weight is 365 g/mol. The minimum atomic E-state index is -0.492. The van der Waals surface area contributed by atoms with Gasteiger partial charge >= 0.3 is 0 Å². The molecule has 0 spiro atoms. The summed E-state index contributed by atoms with van der Waals surface area (Å²) in [5.74, 6) is -0.724. The number of nitrogens with zero attached hydrogens (tertiary/aromatic N) is 2. The maximum atomic E-state index is 13.4. The standard InChI is InChI=1S/C21H20FN3O2/c1-24-9-10-25(13-19(24)14-5-3-2-4-6-14)21(27)17-11-15-7-8-16(22)12-18(15)23-20(17)26/h2-8,11-12,19H,9-10,13H2,1H3,(H,23,26). The molecule has 1 saturated heterocycles. The van der Waals surface area contributed by atoms with Gasteiger partial charge < -0.3 is 9.88 Å². The van der Waals surface area contributed by atoms with Crippen molar-refractivity contribution in [2.75, 3.05) is 26.7 Å². The molecule has 1 fully saturated rings. The number of aromatic nitrogens is 1. The number of hydrogen-bond donors (Lipinski definition) is 1. The molecule has 5 nitrogen and oxygen atoms in total. The van der Waals surface area contributed by atoms with Gasteiger partial charge in [-0.3, -0.25) is 14.5 Å². The fraction of sp³-hybridized carbons (Fsp3) is 0.238. The van der Waals surface area contributed by atoms with E-state index in [2.05, 4.69) is 9.88 Å². The van der Waals surface area contributed by atoms with Gasteiger partial charge in [-0.25, -0.2) is 4.39 Å². The first-order valence-corrected chi connectivity index (χ1v) is 8.90. The minimum absolute atomic E-state index is 0.0810. The third-order valence-electron chi connectivity index (χ3n) is 5.16. The van der Waals surface area contributed by atoms with Crippen LogP contribution >= 0.6 is 0 Å². The predicted octanol–water partition coefficient (Wildman–Crippen LogP) is 2.80. The third kappa shape index (κ3) is 3.36. The Morgan fingerprint density at radius 2 is 1.89 bits per heavy atom. The van der Waals surface area contributed by atoms with Crippen LogP contribution < -0.4 is 5.56 Å². The molecule has 27 heavy (non-hydrogen) atoms. The molecule has 0 bridgehead atoms. The van der Waals surface area contributed by atoms with E-state index in [1.165, 1.54) is 12.1 Å². The maximum absolute atomic E-state index is 13.4. The number of hydrogen-bond acceptors (Lipinski definition) is 3. The van der Waals surface area contributed by atoms with Gasteiger partial charge in [-0.2, -0.15) is 0 Å². The monoisotopic (exact) mass is 365 g/mol. The Bertz CT molecular complexity index is 1050. The van der Waals surface area contributed by atoms with E-state index >= 15 is 0 Å². The second-order valence-corrected chi connectivity index (χ2v) is 6.90. The van der Waals surface area contributed by atoms with Gasteiger partial charge in [-0.05, 0) is 42.3 Å². The number of piperazine rings is 1. The Kier molecular flexibility index (Phi) is 4.49. The number of benzene rings is 2. The van der Waals surface area contributed by atoms with Crippen LogP contribution in [0.3, 0.4) is 0 Å². The number of rotatable bonds is 2. The number of likely N-dealkylation sites (N-methyl/N-ethyl adjacent to an activating group) is 1. The number of carbonyl (C=O) groups is 1. The van der Waals surface area contributed by atoms with Crippen LogP contribution in [0.4, 0.5) is 4.39 Å². The zero-order valence-electron chi connectivity index (χ0n) is 15.0. The molecule has 6 heteroatoms. The second kappa shape index (κ2) is 6.96.